The highest BCUT2D eigenvalue weighted by atomic mass is 15.3. The summed E-state index contributed by atoms with van der Waals surface area (Å²) in [5.74, 6) is 1.11. The highest BCUT2D eigenvalue weighted by Gasteiger charge is 2.11. The molecule has 0 radical (unpaired) electrons. The molecule has 0 amide bonds. The van der Waals surface area contributed by atoms with E-state index in [9.17, 15) is 0 Å². The van der Waals surface area contributed by atoms with Crippen molar-refractivity contribution in [1.82, 2.24) is 24.6 Å². The molecule has 0 fully saturated rings. The van der Waals surface area contributed by atoms with E-state index in [4.69, 9.17) is 5.10 Å². The molecule has 0 bridgehead atoms. The van der Waals surface area contributed by atoms with Gasteiger partial charge in [0.1, 0.15) is 5.82 Å². The first-order valence-corrected chi connectivity index (χ1v) is 7.83. The minimum atomic E-state index is 0.889. The van der Waals surface area contributed by atoms with E-state index < -0.39 is 0 Å². The Hall–Kier alpha value is -1.62. The number of rotatable bonds is 8. The summed E-state index contributed by atoms with van der Waals surface area (Å²) in [6, 6.07) is 0. The molecular weight excluding hydrogens is 262 g/mol. The van der Waals surface area contributed by atoms with Crippen LogP contribution < -0.4 is 5.32 Å². The maximum Gasteiger partial charge on any atom is 0.110 e. The van der Waals surface area contributed by atoms with E-state index in [2.05, 4.69) is 40.3 Å². The van der Waals surface area contributed by atoms with Gasteiger partial charge in [-0.3, -0.25) is 4.68 Å². The minimum absolute atomic E-state index is 0.889. The molecule has 0 unspecified atom stereocenters. The van der Waals surface area contributed by atoms with Crippen molar-refractivity contribution in [2.45, 2.75) is 46.6 Å². The molecule has 5 heteroatoms. The lowest BCUT2D eigenvalue weighted by atomic mass is 10.1. The SMILES string of the molecule is CCCNCCc1c(C)nn(CCc2nccn2C)c1C. The number of nitrogens with zero attached hydrogens (tertiary/aromatic N) is 4. The summed E-state index contributed by atoms with van der Waals surface area (Å²) in [5.41, 5.74) is 3.84. The number of nitrogens with one attached hydrogen (secondary N) is 1. The number of hydrogen-bond donors (Lipinski definition) is 1. The lowest BCUT2D eigenvalue weighted by molar-refractivity contribution is 0.571. The van der Waals surface area contributed by atoms with Crippen LogP contribution in [0.4, 0.5) is 0 Å². The quantitative estimate of drug-likeness (QED) is 0.756. The van der Waals surface area contributed by atoms with Crippen LogP contribution in [0.5, 0.6) is 0 Å². The van der Waals surface area contributed by atoms with Gasteiger partial charge < -0.3 is 9.88 Å². The van der Waals surface area contributed by atoms with Crippen molar-refractivity contribution >= 4 is 0 Å². The molecule has 0 saturated carbocycles. The fourth-order valence-corrected chi connectivity index (χ4v) is 2.67. The van der Waals surface area contributed by atoms with Crippen LogP contribution in [0.1, 0.15) is 36.1 Å². The zero-order chi connectivity index (χ0) is 15.2. The van der Waals surface area contributed by atoms with Crippen molar-refractivity contribution in [3.63, 3.8) is 0 Å². The van der Waals surface area contributed by atoms with Gasteiger partial charge in [-0.05, 0) is 45.3 Å². The molecule has 0 spiro atoms. The second-order valence-electron chi connectivity index (χ2n) is 5.58. The first-order valence-electron chi connectivity index (χ1n) is 7.83. The minimum Gasteiger partial charge on any atom is -0.338 e. The number of aromatic nitrogens is 4. The first-order chi connectivity index (χ1) is 10.1. The van der Waals surface area contributed by atoms with Crippen LogP contribution in [0.15, 0.2) is 12.4 Å². The summed E-state index contributed by atoms with van der Waals surface area (Å²) in [4.78, 5) is 4.37. The predicted molar refractivity (Wildman–Crippen MR) is 85.5 cm³/mol. The second-order valence-corrected chi connectivity index (χ2v) is 5.58. The Balaban J connectivity index is 1.96. The number of aryl methyl sites for hydroxylation is 4. The van der Waals surface area contributed by atoms with E-state index in [0.717, 1.165) is 44.0 Å². The van der Waals surface area contributed by atoms with Gasteiger partial charge in [0, 0.05) is 38.1 Å². The maximum absolute atomic E-state index is 4.69. The van der Waals surface area contributed by atoms with Gasteiger partial charge in [-0.25, -0.2) is 4.98 Å². The van der Waals surface area contributed by atoms with Crippen molar-refractivity contribution in [2.24, 2.45) is 7.05 Å². The number of imidazole rings is 1. The lowest BCUT2D eigenvalue weighted by Crippen LogP contribution is -2.18. The van der Waals surface area contributed by atoms with Gasteiger partial charge in [0.05, 0.1) is 5.69 Å². The Labute approximate surface area is 127 Å². The third-order valence-electron chi connectivity index (χ3n) is 3.98. The van der Waals surface area contributed by atoms with Crippen LogP contribution >= 0.6 is 0 Å². The van der Waals surface area contributed by atoms with E-state index >= 15 is 0 Å². The van der Waals surface area contributed by atoms with Crippen LogP contribution in [0.25, 0.3) is 0 Å². The molecule has 2 heterocycles. The molecule has 116 valence electrons. The summed E-state index contributed by atoms with van der Waals surface area (Å²) >= 11 is 0. The molecule has 0 saturated heterocycles. The molecule has 0 aromatic carbocycles. The molecule has 0 aliphatic carbocycles. The third kappa shape index (κ3) is 3.94. The Kier molecular flexibility index (Phi) is 5.56. The molecule has 1 N–H and O–H groups in total. The summed E-state index contributed by atoms with van der Waals surface area (Å²) in [7, 11) is 2.04. The molecule has 5 nitrogen and oxygen atoms in total. The smallest absolute Gasteiger partial charge is 0.110 e. The monoisotopic (exact) mass is 289 g/mol. The van der Waals surface area contributed by atoms with E-state index in [1.165, 1.54) is 17.7 Å². The fraction of sp³-hybridized carbons (Fsp3) is 0.625. The van der Waals surface area contributed by atoms with Crippen molar-refractivity contribution in [3.8, 4) is 0 Å². The molecule has 0 aliphatic rings. The average Bonchev–Trinajstić information content (AvgIpc) is 2.98. The van der Waals surface area contributed by atoms with Gasteiger partial charge in [0.2, 0.25) is 0 Å². The maximum atomic E-state index is 4.69. The lowest BCUT2D eigenvalue weighted by Gasteiger charge is -2.06. The number of hydrogen-bond acceptors (Lipinski definition) is 3. The van der Waals surface area contributed by atoms with Crippen molar-refractivity contribution in [1.29, 1.82) is 0 Å². The Morgan fingerprint density at radius 1 is 1.19 bits per heavy atom. The average molecular weight is 289 g/mol. The standard InChI is InChI=1S/C16H27N5/c1-5-8-17-9-6-15-13(2)19-21(14(15)3)11-7-16-18-10-12-20(16)4/h10,12,17H,5-9,11H2,1-4H3. The summed E-state index contributed by atoms with van der Waals surface area (Å²) in [6.45, 7) is 9.48. The van der Waals surface area contributed by atoms with Gasteiger partial charge in [0.25, 0.3) is 0 Å². The first kappa shape index (κ1) is 15.8. The largest absolute Gasteiger partial charge is 0.338 e. The Morgan fingerprint density at radius 2 is 2.00 bits per heavy atom. The normalized spacial score (nSPS) is 11.2. The van der Waals surface area contributed by atoms with Gasteiger partial charge in [0.15, 0.2) is 0 Å². The van der Waals surface area contributed by atoms with Crippen LogP contribution in [0.2, 0.25) is 0 Å². The van der Waals surface area contributed by atoms with Gasteiger partial charge in [-0.2, -0.15) is 5.10 Å². The Morgan fingerprint density at radius 3 is 2.67 bits per heavy atom. The van der Waals surface area contributed by atoms with Crippen LogP contribution in [0, 0.1) is 13.8 Å². The molecule has 2 aromatic rings. The van der Waals surface area contributed by atoms with E-state index in [1.54, 1.807) is 0 Å². The Bertz CT molecular complexity index is 567. The van der Waals surface area contributed by atoms with Crippen molar-refractivity contribution in [3.05, 3.63) is 35.2 Å². The van der Waals surface area contributed by atoms with Crippen LogP contribution in [-0.4, -0.2) is 32.4 Å². The van der Waals surface area contributed by atoms with E-state index in [0.29, 0.717) is 0 Å². The zero-order valence-electron chi connectivity index (χ0n) is 13.7. The third-order valence-corrected chi connectivity index (χ3v) is 3.98. The molecular formula is C16H27N5. The predicted octanol–water partition coefficient (Wildman–Crippen LogP) is 2.02. The molecule has 2 rings (SSSR count). The van der Waals surface area contributed by atoms with E-state index in [1.807, 2.05) is 19.4 Å². The summed E-state index contributed by atoms with van der Waals surface area (Å²) in [5, 5.41) is 8.15. The molecule has 0 atom stereocenters. The van der Waals surface area contributed by atoms with Crippen molar-refractivity contribution < 1.29 is 0 Å². The topological polar surface area (TPSA) is 47.7 Å². The van der Waals surface area contributed by atoms with E-state index in [-0.39, 0.29) is 0 Å². The molecule has 21 heavy (non-hydrogen) atoms. The highest BCUT2D eigenvalue weighted by molar-refractivity contribution is 5.24. The molecule has 0 aliphatic heterocycles. The van der Waals surface area contributed by atoms with Crippen LogP contribution in [0.3, 0.4) is 0 Å². The van der Waals surface area contributed by atoms with Crippen molar-refractivity contribution in [2.75, 3.05) is 13.1 Å². The van der Waals surface area contributed by atoms with Gasteiger partial charge >= 0.3 is 0 Å². The van der Waals surface area contributed by atoms with Gasteiger partial charge in [-0.1, -0.05) is 6.92 Å². The second kappa shape index (κ2) is 7.41. The fourth-order valence-electron chi connectivity index (χ4n) is 2.67. The zero-order valence-corrected chi connectivity index (χ0v) is 13.7. The van der Waals surface area contributed by atoms with Gasteiger partial charge in [-0.15, -0.1) is 0 Å². The van der Waals surface area contributed by atoms with Crippen LogP contribution in [-0.2, 0) is 26.4 Å². The summed E-state index contributed by atoms with van der Waals surface area (Å²) in [6.07, 6.45) is 6.99. The summed E-state index contributed by atoms with van der Waals surface area (Å²) < 4.78 is 4.19. The molecule has 2 aromatic heterocycles. The highest BCUT2D eigenvalue weighted by Crippen LogP contribution is 2.14.